The van der Waals surface area contributed by atoms with Crippen LogP contribution in [0.25, 0.3) is 33.3 Å². The molecule has 2 aliphatic heterocycles. The molecule has 0 saturated carbocycles. The number of H-pyrrole nitrogens is 1. The van der Waals surface area contributed by atoms with Crippen LogP contribution in [0.1, 0.15) is 21.6 Å². The number of aromatic amines is 1. The summed E-state index contributed by atoms with van der Waals surface area (Å²) in [4.78, 5) is 22.4. The number of nitrogens with zero attached hydrogens (tertiary/aromatic N) is 4. The first-order valence-corrected chi connectivity index (χ1v) is 10.3. The standard InChI is InChI=1S/C23H22N6O/c1-28-6-7-29-21(13-28)20(12-27-29)16-9-18-19(11-26-22(18)25-10-16)14-2-3-17-15(8-14)4-5-24-23(17)30/h2-3,8-12H,4-7,13H2,1H3,(H,24,30)(H,25,26). The summed E-state index contributed by atoms with van der Waals surface area (Å²) in [6.45, 7) is 3.51. The number of pyridine rings is 1. The van der Waals surface area contributed by atoms with Gasteiger partial charge in [0.05, 0.1) is 18.4 Å². The third-order valence-electron chi connectivity index (χ3n) is 6.24. The zero-order chi connectivity index (χ0) is 20.2. The minimum Gasteiger partial charge on any atom is -0.352 e. The molecule has 1 aromatic carbocycles. The first kappa shape index (κ1) is 17.4. The Morgan fingerprint density at radius 3 is 2.90 bits per heavy atom. The van der Waals surface area contributed by atoms with Crippen molar-refractivity contribution in [1.82, 2.24) is 30.0 Å². The third-order valence-corrected chi connectivity index (χ3v) is 6.24. The average molecular weight is 398 g/mol. The second kappa shape index (κ2) is 6.53. The Morgan fingerprint density at radius 1 is 1.03 bits per heavy atom. The maximum absolute atomic E-state index is 12.1. The number of rotatable bonds is 2. The van der Waals surface area contributed by atoms with Gasteiger partial charge in [0.2, 0.25) is 0 Å². The van der Waals surface area contributed by atoms with E-state index in [0.717, 1.165) is 70.5 Å². The summed E-state index contributed by atoms with van der Waals surface area (Å²) in [5.74, 6) is 0.0154. The summed E-state index contributed by atoms with van der Waals surface area (Å²) >= 11 is 0. The molecular formula is C23H22N6O. The normalized spacial score (nSPS) is 16.4. The molecule has 0 spiro atoms. The summed E-state index contributed by atoms with van der Waals surface area (Å²) in [7, 11) is 2.14. The molecule has 30 heavy (non-hydrogen) atoms. The van der Waals surface area contributed by atoms with Crippen molar-refractivity contribution in [3.8, 4) is 22.3 Å². The lowest BCUT2D eigenvalue weighted by Crippen LogP contribution is -2.31. The molecule has 0 atom stereocenters. The van der Waals surface area contributed by atoms with Crippen LogP contribution < -0.4 is 5.32 Å². The van der Waals surface area contributed by atoms with E-state index in [4.69, 9.17) is 0 Å². The van der Waals surface area contributed by atoms with E-state index in [1.807, 2.05) is 30.7 Å². The fourth-order valence-electron chi connectivity index (χ4n) is 4.60. The number of carbonyl (C=O) groups excluding carboxylic acids is 1. The molecule has 7 heteroatoms. The topological polar surface area (TPSA) is 78.8 Å². The van der Waals surface area contributed by atoms with Crippen molar-refractivity contribution >= 4 is 16.9 Å². The van der Waals surface area contributed by atoms with Crippen LogP contribution in [0.2, 0.25) is 0 Å². The number of amides is 1. The van der Waals surface area contributed by atoms with Gasteiger partial charge in [0.25, 0.3) is 5.91 Å². The van der Waals surface area contributed by atoms with Crippen molar-refractivity contribution in [2.75, 3.05) is 20.1 Å². The molecule has 0 aliphatic carbocycles. The van der Waals surface area contributed by atoms with Gasteiger partial charge in [-0.2, -0.15) is 5.10 Å². The van der Waals surface area contributed by atoms with Crippen LogP contribution in [0.5, 0.6) is 0 Å². The predicted octanol–water partition coefficient (Wildman–Crippen LogP) is 2.82. The molecule has 0 fully saturated rings. The molecule has 0 unspecified atom stereocenters. The summed E-state index contributed by atoms with van der Waals surface area (Å²) in [5.41, 5.74) is 8.41. The second-order valence-electron chi connectivity index (χ2n) is 8.17. The van der Waals surface area contributed by atoms with Gasteiger partial charge in [0.15, 0.2) is 0 Å². The monoisotopic (exact) mass is 398 g/mol. The maximum atomic E-state index is 12.1. The molecule has 3 aromatic heterocycles. The van der Waals surface area contributed by atoms with Crippen molar-refractivity contribution in [3.05, 3.63) is 59.7 Å². The van der Waals surface area contributed by atoms with E-state index in [1.54, 1.807) is 0 Å². The van der Waals surface area contributed by atoms with Crippen LogP contribution in [0.4, 0.5) is 0 Å². The highest BCUT2D eigenvalue weighted by Gasteiger charge is 2.21. The summed E-state index contributed by atoms with van der Waals surface area (Å²) < 4.78 is 2.10. The number of fused-ring (bicyclic) bond motifs is 3. The van der Waals surface area contributed by atoms with Gasteiger partial charge < -0.3 is 10.3 Å². The molecular weight excluding hydrogens is 376 g/mol. The van der Waals surface area contributed by atoms with E-state index < -0.39 is 0 Å². The molecule has 1 amide bonds. The van der Waals surface area contributed by atoms with Gasteiger partial charge in [0, 0.05) is 59.7 Å². The molecule has 0 radical (unpaired) electrons. The molecule has 150 valence electrons. The van der Waals surface area contributed by atoms with Crippen LogP contribution in [0, 0.1) is 0 Å². The van der Waals surface area contributed by atoms with Gasteiger partial charge in [-0.1, -0.05) is 12.1 Å². The molecule has 0 saturated heterocycles. The Bertz CT molecular complexity index is 1300. The first-order valence-electron chi connectivity index (χ1n) is 10.3. The van der Waals surface area contributed by atoms with Crippen molar-refractivity contribution in [3.63, 3.8) is 0 Å². The fourth-order valence-corrected chi connectivity index (χ4v) is 4.60. The van der Waals surface area contributed by atoms with Crippen LogP contribution in [-0.2, 0) is 19.5 Å². The Balaban J connectivity index is 1.46. The number of likely N-dealkylation sites (N-methyl/N-ethyl adjacent to an activating group) is 1. The molecule has 5 heterocycles. The van der Waals surface area contributed by atoms with Gasteiger partial charge in [-0.05, 0) is 36.7 Å². The van der Waals surface area contributed by atoms with Crippen molar-refractivity contribution < 1.29 is 4.79 Å². The third kappa shape index (κ3) is 2.66. The van der Waals surface area contributed by atoms with Crippen LogP contribution in [0.15, 0.2) is 42.9 Å². The molecule has 2 aliphatic rings. The van der Waals surface area contributed by atoms with Gasteiger partial charge in [-0.25, -0.2) is 4.98 Å². The van der Waals surface area contributed by atoms with Gasteiger partial charge in [-0.15, -0.1) is 0 Å². The summed E-state index contributed by atoms with van der Waals surface area (Å²) in [5, 5.41) is 8.57. The lowest BCUT2D eigenvalue weighted by molar-refractivity contribution is 0.0946. The van der Waals surface area contributed by atoms with E-state index in [9.17, 15) is 4.79 Å². The second-order valence-corrected chi connectivity index (χ2v) is 8.17. The van der Waals surface area contributed by atoms with Crippen LogP contribution in [0.3, 0.4) is 0 Å². The Labute approximate surface area is 173 Å². The first-order chi connectivity index (χ1) is 14.7. The predicted molar refractivity (Wildman–Crippen MR) is 115 cm³/mol. The molecule has 6 rings (SSSR count). The van der Waals surface area contributed by atoms with Gasteiger partial charge in [-0.3, -0.25) is 14.4 Å². The van der Waals surface area contributed by atoms with E-state index in [0.29, 0.717) is 6.54 Å². The molecule has 7 nitrogen and oxygen atoms in total. The SMILES string of the molecule is CN1CCn2ncc(-c3cnc4[nH]cc(-c5ccc6c(c5)CCNC6=O)c4c3)c2C1. The molecule has 2 N–H and O–H groups in total. The lowest BCUT2D eigenvalue weighted by Gasteiger charge is -2.24. The van der Waals surface area contributed by atoms with Gasteiger partial charge in [0.1, 0.15) is 5.65 Å². The summed E-state index contributed by atoms with van der Waals surface area (Å²) in [6.07, 6.45) is 6.75. The number of carbonyl (C=O) groups is 1. The summed E-state index contributed by atoms with van der Waals surface area (Å²) in [6, 6.07) is 8.29. The van der Waals surface area contributed by atoms with Crippen LogP contribution >= 0.6 is 0 Å². The Hall–Kier alpha value is -3.45. The minimum absolute atomic E-state index is 0.0154. The lowest BCUT2D eigenvalue weighted by atomic mass is 9.94. The highest BCUT2D eigenvalue weighted by Crippen LogP contribution is 2.34. The number of aromatic nitrogens is 4. The quantitative estimate of drug-likeness (QED) is 0.544. The van der Waals surface area contributed by atoms with Crippen molar-refractivity contribution in [1.29, 1.82) is 0 Å². The van der Waals surface area contributed by atoms with Gasteiger partial charge >= 0.3 is 0 Å². The molecule has 0 bridgehead atoms. The van der Waals surface area contributed by atoms with Crippen molar-refractivity contribution in [2.24, 2.45) is 0 Å². The van der Waals surface area contributed by atoms with E-state index >= 15 is 0 Å². The highest BCUT2D eigenvalue weighted by molar-refractivity contribution is 5.99. The van der Waals surface area contributed by atoms with Crippen molar-refractivity contribution in [2.45, 2.75) is 19.5 Å². The zero-order valence-electron chi connectivity index (χ0n) is 16.8. The Kier molecular flexibility index (Phi) is 3.79. The average Bonchev–Trinajstić information content (AvgIpc) is 3.37. The number of hydrogen-bond donors (Lipinski definition) is 2. The van der Waals surface area contributed by atoms with E-state index in [2.05, 4.69) is 49.1 Å². The Morgan fingerprint density at radius 2 is 1.97 bits per heavy atom. The zero-order valence-corrected chi connectivity index (χ0v) is 16.8. The largest absolute Gasteiger partial charge is 0.352 e. The molecule has 4 aromatic rings. The smallest absolute Gasteiger partial charge is 0.251 e. The van der Waals surface area contributed by atoms with E-state index in [-0.39, 0.29) is 5.91 Å². The number of benzene rings is 1. The highest BCUT2D eigenvalue weighted by atomic mass is 16.1. The number of hydrogen-bond acceptors (Lipinski definition) is 4. The fraction of sp³-hybridized carbons (Fsp3) is 0.261. The van der Waals surface area contributed by atoms with Crippen LogP contribution in [-0.4, -0.2) is 50.7 Å². The van der Waals surface area contributed by atoms with E-state index in [1.165, 1.54) is 5.69 Å². The number of nitrogens with one attached hydrogen (secondary N) is 2. The minimum atomic E-state index is 0.0154. The maximum Gasteiger partial charge on any atom is 0.251 e.